The number of carbonyl (C=O) groups excluding carboxylic acids is 1. The van der Waals surface area contributed by atoms with E-state index in [0.29, 0.717) is 5.02 Å². The number of hydrazone groups is 1. The van der Waals surface area contributed by atoms with Gasteiger partial charge in [0.05, 0.1) is 5.71 Å². The third-order valence-corrected chi connectivity index (χ3v) is 3.82. The zero-order chi connectivity index (χ0) is 13.7. The molecule has 1 amide bonds. The maximum Gasteiger partial charge on any atom is 0.243 e. The van der Waals surface area contributed by atoms with Gasteiger partial charge in [-0.25, -0.2) is 5.43 Å². The molecule has 102 valence electrons. The Labute approximate surface area is 119 Å². The van der Waals surface area contributed by atoms with Crippen LogP contribution in [0.2, 0.25) is 5.02 Å². The third kappa shape index (κ3) is 4.06. The summed E-state index contributed by atoms with van der Waals surface area (Å²) in [7, 11) is 0. The van der Waals surface area contributed by atoms with Crippen LogP contribution in [-0.2, 0) is 4.79 Å². The highest BCUT2D eigenvalue weighted by Gasteiger charge is 2.20. The molecular formula is C15H19ClN2O. The van der Waals surface area contributed by atoms with Crippen LogP contribution in [-0.4, -0.2) is 11.6 Å². The first-order chi connectivity index (χ1) is 9.16. The summed E-state index contributed by atoms with van der Waals surface area (Å²) in [6.45, 7) is 1.88. The highest BCUT2D eigenvalue weighted by Crippen LogP contribution is 2.23. The fourth-order valence-electron chi connectivity index (χ4n) is 2.35. The van der Waals surface area contributed by atoms with Crippen molar-refractivity contribution in [3.63, 3.8) is 0 Å². The lowest BCUT2D eigenvalue weighted by atomic mass is 9.89. The number of amides is 1. The zero-order valence-electron chi connectivity index (χ0n) is 11.2. The number of nitrogens with zero attached hydrogens (tertiary/aromatic N) is 1. The monoisotopic (exact) mass is 278 g/mol. The molecular weight excluding hydrogens is 260 g/mol. The Kier molecular flexibility index (Phi) is 4.97. The Balaban J connectivity index is 1.93. The van der Waals surface area contributed by atoms with Crippen LogP contribution in [0.15, 0.2) is 29.4 Å². The predicted octanol–water partition coefficient (Wildman–Crippen LogP) is 3.76. The fourth-order valence-corrected chi connectivity index (χ4v) is 2.48. The first-order valence-electron chi connectivity index (χ1n) is 6.77. The van der Waals surface area contributed by atoms with Crippen LogP contribution in [0.25, 0.3) is 0 Å². The van der Waals surface area contributed by atoms with E-state index in [1.807, 2.05) is 31.2 Å². The standard InChI is InChI=1S/C15H19ClN2O/c1-11(12-7-9-14(16)10-8-12)17-18-15(19)13-5-3-2-4-6-13/h7-10,13H,2-6H2,1H3,(H,18,19)/b17-11+. The van der Waals surface area contributed by atoms with Crippen LogP contribution < -0.4 is 5.43 Å². The minimum absolute atomic E-state index is 0.0491. The summed E-state index contributed by atoms with van der Waals surface area (Å²) in [6.07, 6.45) is 5.52. The van der Waals surface area contributed by atoms with Crippen molar-refractivity contribution in [2.24, 2.45) is 11.0 Å². The number of rotatable bonds is 3. The fraction of sp³-hybridized carbons (Fsp3) is 0.467. The van der Waals surface area contributed by atoms with Crippen LogP contribution in [0.4, 0.5) is 0 Å². The Morgan fingerprint density at radius 1 is 1.21 bits per heavy atom. The summed E-state index contributed by atoms with van der Waals surface area (Å²) in [5.74, 6) is 0.184. The normalized spacial score (nSPS) is 17.3. The second-order valence-corrected chi connectivity index (χ2v) is 5.45. The minimum atomic E-state index is 0.0491. The van der Waals surface area contributed by atoms with E-state index in [-0.39, 0.29) is 11.8 Å². The maximum absolute atomic E-state index is 11.9. The molecule has 0 saturated heterocycles. The number of hydrogen-bond acceptors (Lipinski definition) is 2. The quantitative estimate of drug-likeness (QED) is 0.664. The summed E-state index contributed by atoms with van der Waals surface area (Å²) in [4.78, 5) is 11.9. The van der Waals surface area contributed by atoms with Gasteiger partial charge < -0.3 is 0 Å². The second kappa shape index (κ2) is 6.71. The van der Waals surface area contributed by atoms with E-state index in [1.165, 1.54) is 6.42 Å². The number of benzene rings is 1. The molecule has 0 bridgehead atoms. The molecule has 1 aliphatic rings. The first-order valence-corrected chi connectivity index (χ1v) is 7.14. The molecule has 1 aliphatic carbocycles. The van der Waals surface area contributed by atoms with Crippen LogP contribution in [0.1, 0.15) is 44.6 Å². The Morgan fingerprint density at radius 2 is 1.84 bits per heavy atom. The summed E-state index contributed by atoms with van der Waals surface area (Å²) in [5.41, 5.74) is 4.44. The van der Waals surface area contributed by atoms with Gasteiger partial charge in [0.15, 0.2) is 0 Å². The molecule has 1 N–H and O–H groups in total. The molecule has 1 aromatic rings. The van der Waals surface area contributed by atoms with Gasteiger partial charge in [0, 0.05) is 10.9 Å². The van der Waals surface area contributed by atoms with Crippen LogP contribution >= 0.6 is 11.6 Å². The van der Waals surface area contributed by atoms with E-state index in [1.54, 1.807) is 0 Å². The maximum atomic E-state index is 11.9. The molecule has 3 nitrogen and oxygen atoms in total. The summed E-state index contributed by atoms with van der Waals surface area (Å²) < 4.78 is 0. The van der Waals surface area contributed by atoms with Crippen molar-refractivity contribution < 1.29 is 4.79 Å². The van der Waals surface area contributed by atoms with Crippen molar-refractivity contribution in [3.8, 4) is 0 Å². The van der Waals surface area contributed by atoms with E-state index in [9.17, 15) is 4.79 Å². The number of carbonyl (C=O) groups is 1. The average Bonchev–Trinajstić information content (AvgIpc) is 2.46. The van der Waals surface area contributed by atoms with Gasteiger partial charge in [-0.2, -0.15) is 5.10 Å². The largest absolute Gasteiger partial charge is 0.273 e. The van der Waals surface area contributed by atoms with Gasteiger partial charge in [-0.05, 0) is 37.5 Å². The molecule has 0 radical (unpaired) electrons. The van der Waals surface area contributed by atoms with E-state index in [0.717, 1.165) is 37.0 Å². The molecule has 0 unspecified atom stereocenters. The van der Waals surface area contributed by atoms with Crippen molar-refractivity contribution in [3.05, 3.63) is 34.9 Å². The molecule has 4 heteroatoms. The van der Waals surface area contributed by atoms with Crippen molar-refractivity contribution in [1.82, 2.24) is 5.43 Å². The molecule has 0 heterocycles. The zero-order valence-corrected chi connectivity index (χ0v) is 11.9. The van der Waals surface area contributed by atoms with Gasteiger partial charge in [-0.15, -0.1) is 0 Å². The van der Waals surface area contributed by atoms with E-state index < -0.39 is 0 Å². The summed E-state index contributed by atoms with van der Waals surface area (Å²) in [6, 6.07) is 7.43. The molecule has 0 atom stereocenters. The number of hydrogen-bond donors (Lipinski definition) is 1. The van der Waals surface area contributed by atoms with Crippen LogP contribution in [0.3, 0.4) is 0 Å². The van der Waals surface area contributed by atoms with Crippen molar-refractivity contribution >= 4 is 23.2 Å². The first kappa shape index (κ1) is 14.1. The van der Waals surface area contributed by atoms with E-state index >= 15 is 0 Å². The lowest BCUT2D eigenvalue weighted by Crippen LogP contribution is -2.29. The second-order valence-electron chi connectivity index (χ2n) is 5.02. The van der Waals surface area contributed by atoms with Gasteiger partial charge in [-0.1, -0.05) is 43.0 Å². The lowest BCUT2D eigenvalue weighted by molar-refractivity contribution is -0.125. The summed E-state index contributed by atoms with van der Waals surface area (Å²) >= 11 is 5.84. The predicted molar refractivity (Wildman–Crippen MR) is 78.4 cm³/mol. The molecule has 2 rings (SSSR count). The highest BCUT2D eigenvalue weighted by atomic mass is 35.5. The van der Waals surface area contributed by atoms with E-state index in [4.69, 9.17) is 11.6 Å². The Morgan fingerprint density at radius 3 is 2.47 bits per heavy atom. The SMILES string of the molecule is C/C(=N\NC(=O)C1CCCCC1)c1ccc(Cl)cc1. The van der Waals surface area contributed by atoms with Gasteiger partial charge >= 0.3 is 0 Å². The van der Waals surface area contributed by atoms with Crippen LogP contribution in [0.5, 0.6) is 0 Å². The topological polar surface area (TPSA) is 41.5 Å². The molecule has 1 saturated carbocycles. The molecule has 0 spiro atoms. The van der Waals surface area contributed by atoms with Gasteiger partial charge in [0.25, 0.3) is 0 Å². The molecule has 0 aliphatic heterocycles. The number of halogens is 1. The molecule has 1 fully saturated rings. The van der Waals surface area contributed by atoms with Crippen molar-refractivity contribution in [1.29, 1.82) is 0 Å². The molecule has 19 heavy (non-hydrogen) atoms. The van der Waals surface area contributed by atoms with E-state index in [2.05, 4.69) is 10.5 Å². The summed E-state index contributed by atoms with van der Waals surface area (Å²) in [5, 5.41) is 4.87. The molecule has 0 aromatic heterocycles. The Hall–Kier alpha value is -1.35. The average molecular weight is 279 g/mol. The lowest BCUT2D eigenvalue weighted by Gasteiger charge is -2.19. The third-order valence-electron chi connectivity index (χ3n) is 3.57. The van der Waals surface area contributed by atoms with Gasteiger partial charge in [-0.3, -0.25) is 4.79 Å². The van der Waals surface area contributed by atoms with Gasteiger partial charge in [0.1, 0.15) is 0 Å². The minimum Gasteiger partial charge on any atom is -0.273 e. The van der Waals surface area contributed by atoms with Crippen LogP contribution in [0, 0.1) is 5.92 Å². The number of nitrogens with one attached hydrogen (secondary N) is 1. The Bertz CT molecular complexity index is 462. The smallest absolute Gasteiger partial charge is 0.243 e. The molecule has 1 aromatic carbocycles. The van der Waals surface area contributed by atoms with Crippen molar-refractivity contribution in [2.45, 2.75) is 39.0 Å². The highest BCUT2D eigenvalue weighted by molar-refractivity contribution is 6.30. The van der Waals surface area contributed by atoms with Gasteiger partial charge in [0.2, 0.25) is 5.91 Å². The van der Waals surface area contributed by atoms with Crippen molar-refractivity contribution in [2.75, 3.05) is 0 Å².